The monoisotopic (exact) mass is 241 g/mol. The first kappa shape index (κ1) is 11.2. The van der Waals surface area contributed by atoms with Gasteiger partial charge in [0.05, 0.1) is 18.2 Å². The van der Waals surface area contributed by atoms with E-state index in [0.717, 1.165) is 0 Å². The maximum atomic E-state index is 11.4. The highest BCUT2D eigenvalue weighted by atomic mass is 35.5. The van der Waals surface area contributed by atoms with Crippen molar-refractivity contribution in [1.82, 2.24) is 4.98 Å². The molecule has 1 heterocycles. The van der Waals surface area contributed by atoms with Gasteiger partial charge in [-0.3, -0.25) is 4.79 Å². The van der Waals surface area contributed by atoms with Gasteiger partial charge in [-0.2, -0.15) is 0 Å². The van der Waals surface area contributed by atoms with Gasteiger partial charge in [-0.25, -0.2) is 4.98 Å². The van der Waals surface area contributed by atoms with Crippen molar-refractivity contribution in [2.45, 2.75) is 19.3 Å². The van der Waals surface area contributed by atoms with Gasteiger partial charge in [0.25, 0.3) is 0 Å². The smallest absolute Gasteiger partial charge is 0.309 e. The van der Waals surface area contributed by atoms with Crippen molar-refractivity contribution < 1.29 is 14.6 Å². The largest absolute Gasteiger partial charge is 0.506 e. The van der Waals surface area contributed by atoms with Crippen LogP contribution in [0.5, 0.6) is 5.75 Å². The number of halogens is 1. The number of nitrogens with zero attached hydrogens (tertiary/aromatic N) is 1. The number of ether oxygens (including phenoxy) is 1. The topological polar surface area (TPSA) is 59.4 Å². The van der Waals surface area contributed by atoms with Crippen molar-refractivity contribution in [1.29, 1.82) is 0 Å². The number of aromatic nitrogens is 1. The molecule has 1 aliphatic carbocycles. The number of aromatic hydroxyl groups is 1. The van der Waals surface area contributed by atoms with Crippen molar-refractivity contribution in [3.05, 3.63) is 23.0 Å². The van der Waals surface area contributed by atoms with Crippen molar-refractivity contribution in [2.24, 2.45) is 5.92 Å². The van der Waals surface area contributed by atoms with Crippen LogP contribution in [0, 0.1) is 5.92 Å². The average Bonchev–Trinajstić information content (AvgIpc) is 3.02. The summed E-state index contributed by atoms with van der Waals surface area (Å²) in [5.41, 5.74) is 0.491. The molecular formula is C11H12ClNO3. The van der Waals surface area contributed by atoms with Crippen LogP contribution < -0.4 is 0 Å². The Balaban J connectivity index is 2.11. The maximum Gasteiger partial charge on any atom is 0.309 e. The summed E-state index contributed by atoms with van der Waals surface area (Å²) in [6.45, 7) is 2.14. The van der Waals surface area contributed by atoms with E-state index in [1.165, 1.54) is 12.1 Å². The number of pyridine rings is 1. The van der Waals surface area contributed by atoms with E-state index >= 15 is 0 Å². The summed E-state index contributed by atoms with van der Waals surface area (Å²) in [4.78, 5) is 15.5. The van der Waals surface area contributed by atoms with Crippen LogP contribution in [0.3, 0.4) is 0 Å². The molecule has 5 heteroatoms. The van der Waals surface area contributed by atoms with E-state index in [-0.39, 0.29) is 23.6 Å². The van der Waals surface area contributed by atoms with Gasteiger partial charge >= 0.3 is 5.97 Å². The molecule has 1 N–H and O–H groups in total. The predicted octanol–water partition coefficient (Wildman–Crippen LogP) is 2.11. The molecule has 2 atom stereocenters. The highest BCUT2D eigenvalue weighted by molar-refractivity contribution is 6.29. The Kier molecular flexibility index (Phi) is 3.01. The van der Waals surface area contributed by atoms with Crippen molar-refractivity contribution in [2.75, 3.05) is 6.61 Å². The zero-order valence-corrected chi connectivity index (χ0v) is 9.57. The van der Waals surface area contributed by atoms with E-state index in [9.17, 15) is 9.90 Å². The summed E-state index contributed by atoms with van der Waals surface area (Å²) in [5.74, 6) is -0.385. The van der Waals surface area contributed by atoms with Gasteiger partial charge in [-0.1, -0.05) is 11.6 Å². The quantitative estimate of drug-likeness (QED) is 0.650. The Labute approximate surface area is 98.2 Å². The van der Waals surface area contributed by atoms with Gasteiger partial charge in [0.1, 0.15) is 10.9 Å². The van der Waals surface area contributed by atoms with E-state index < -0.39 is 0 Å². The molecule has 0 aromatic carbocycles. The molecule has 1 aromatic heterocycles. The first-order valence-corrected chi connectivity index (χ1v) is 5.53. The molecule has 0 aliphatic heterocycles. The highest BCUT2D eigenvalue weighted by Crippen LogP contribution is 2.50. The second kappa shape index (κ2) is 4.29. The number of carbonyl (C=O) groups is 1. The summed E-state index contributed by atoms with van der Waals surface area (Å²) >= 11 is 5.74. The average molecular weight is 242 g/mol. The normalized spacial score (nSPS) is 22.9. The third-order valence-electron chi connectivity index (χ3n) is 2.60. The number of hydrogen-bond acceptors (Lipinski definition) is 4. The molecule has 16 heavy (non-hydrogen) atoms. The van der Waals surface area contributed by atoms with Gasteiger partial charge in [0.2, 0.25) is 0 Å². The summed E-state index contributed by atoms with van der Waals surface area (Å²) in [6.07, 6.45) is 0.666. The molecule has 4 nitrogen and oxygen atoms in total. The molecule has 2 rings (SSSR count). The molecule has 0 unspecified atom stereocenters. The molecule has 1 aliphatic rings. The number of rotatable bonds is 3. The highest BCUT2D eigenvalue weighted by Gasteiger charge is 2.47. The molecule has 1 saturated carbocycles. The lowest BCUT2D eigenvalue weighted by atomic mass is 10.2. The molecule has 1 aromatic rings. The van der Waals surface area contributed by atoms with Crippen LogP contribution in [0.25, 0.3) is 0 Å². The Hall–Kier alpha value is -1.29. The van der Waals surface area contributed by atoms with Gasteiger partial charge in [0.15, 0.2) is 0 Å². The Morgan fingerprint density at radius 2 is 2.44 bits per heavy atom. The zero-order valence-electron chi connectivity index (χ0n) is 8.81. The minimum absolute atomic E-state index is 0.0576. The van der Waals surface area contributed by atoms with Crippen molar-refractivity contribution in [3.8, 4) is 5.75 Å². The molecule has 0 radical (unpaired) electrons. The van der Waals surface area contributed by atoms with Crippen LogP contribution in [-0.2, 0) is 9.53 Å². The maximum absolute atomic E-state index is 11.4. The van der Waals surface area contributed by atoms with Gasteiger partial charge in [-0.05, 0) is 25.5 Å². The Morgan fingerprint density at radius 1 is 1.69 bits per heavy atom. The molecular weight excluding hydrogens is 230 g/mol. The van der Waals surface area contributed by atoms with Crippen LogP contribution in [0.1, 0.15) is 25.0 Å². The lowest BCUT2D eigenvalue weighted by Gasteiger charge is -2.03. The zero-order chi connectivity index (χ0) is 11.7. The molecule has 1 fully saturated rings. The fourth-order valence-electron chi connectivity index (χ4n) is 1.72. The van der Waals surface area contributed by atoms with Gasteiger partial charge < -0.3 is 9.84 Å². The molecule has 0 spiro atoms. The Morgan fingerprint density at radius 3 is 3.12 bits per heavy atom. The number of carbonyl (C=O) groups excluding carboxylic acids is 1. The van der Waals surface area contributed by atoms with Crippen LogP contribution in [0.2, 0.25) is 5.15 Å². The molecule has 0 bridgehead atoms. The third-order valence-corrected chi connectivity index (χ3v) is 2.81. The summed E-state index contributed by atoms with van der Waals surface area (Å²) in [7, 11) is 0. The SMILES string of the molecule is CCOC(=O)[C@H]1C[C@@H]1c1nc(Cl)ccc1O. The number of hydrogen-bond donors (Lipinski definition) is 1. The van der Waals surface area contributed by atoms with Gasteiger partial charge in [0, 0.05) is 5.92 Å². The fraction of sp³-hybridized carbons (Fsp3) is 0.455. The van der Waals surface area contributed by atoms with E-state index in [2.05, 4.69) is 4.98 Å². The summed E-state index contributed by atoms with van der Waals surface area (Å²) in [6, 6.07) is 3.01. The Bertz CT molecular complexity index is 422. The van der Waals surface area contributed by atoms with Gasteiger partial charge in [-0.15, -0.1) is 0 Å². The fourth-order valence-corrected chi connectivity index (χ4v) is 1.88. The third kappa shape index (κ3) is 2.11. The molecule has 0 amide bonds. The lowest BCUT2D eigenvalue weighted by molar-refractivity contribution is -0.144. The molecule has 86 valence electrons. The van der Waals surface area contributed by atoms with Crippen molar-refractivity contribution in [3.63, 3.8) is 0 Å². The summed E-state index contributed by atoms with van der Waals surface area (Å²) in [5, 5.41) is 9.92. The van der Waals surface area contributed by atoms with E-state index in [1.807, 2.05) is 0 Å². The van der Waals surface area contributed by atoms with E-state index in [4.69, 9.17) is 16.3 Å². The second-order valence-electron chi connectivity index (χ2n) is 3.74. The molecule has 0 saturated heterocycles. The second-order valence-corrected chi connectivity index (χ2v) is 4.13. The standard InChI is InChI=1S/C11H12ClNO3/c1-2-16-11(15)7-5-6(7)10-8(14)3-4-9(12)13-10/h3-4,6-7,14H,2,5H2,1H3/t6-,7-/m0/s1. The minimum atomic E-state index is -0.228. The van der Waals surface area contributed by atoms with Crippen LogP contribution in [0.4, 0.5) is 0 Å². The predicted molar refractivity (Wildman–Crippen MR) is 58.4 cm³/mol. The minimum Gasteiger partial charge on any atom is -0.506 e. The van der Waals surface area contributed by atoms with E-state index in [1.54, 1.807) is 6.92 Å². The first-order valence-electron chi connectivity index (χ1n) is 5.15. The first-order chi connectivity index (χ1) is 7.63. The van der Waals surface area contributed by atoms with Crippen LogP contribution in [-0.4, -0.2) is 22.7 Å². The van der Waals surface area contributed by atoms with Crippen molar-refractivity contribution >= 4 is 17.6 Å². The summed E-state index contributed by atoms with van der Waals surface area (Å²) < 4.78 is 4.91. The van der Waals surface area contributed by atoms with Crippen LogP contribution >= 0.6 is 11.6 Å². The lowest BCUT2D eigenvalue weighted by Crippen LogP contribution is -2.07. The number of esters is 1. The van der Waals surface area contributed by atoms with Crippen LogP contribution in [0.15, 0.2) is 12.1 Å². The van der Waals surface area contributed by atoms with E-state index in [0.29, 0.717) is 23.9 Å².